The Hall–Kier alpha value is -3.53. The highest BCUT2D eigenvalue weighted by Crippen LogP contribution is 2.49. The summed E-state index contributed by atoms with van der Waals surface area (Å²) in [6.45, 7) is 1.97. The van der Waals surface area contributed by atoms with Crippen molar-refractivity contribution in [1.29, 1.82) is 5.26 Å². The number of nitriles is 1. The smallest absolute Gasteiger partial charge is 0.227 e. The molecule has 2 heterocycles. The van der Waals surface area contributed by atoms with Gasteiger partial charge in [0.25, 0.3) is 0 Å². The lowest BCUT2D eigenvalue weighted by Gasteiger charge is -2.09. The van der Waals surface area contributed by atoms with Crippen LogP contribution in [0.1, 0.15) is 60.5 Å². The molecule has 0 bridgehead atoms. The van der Waals surface area contributed by atoms with Crippen LogP contribution in [0, 0.1) is 23.7 Å². The molecule has 31 heavy (non-hydrogen) atoms. The van der Waals surface area contributed by atoms with Crippen LogP contribution >= 0.6 is 0 Å². The molecule has 2 aliphatic carbocycles. The third kappa shape index (κ3) is 4.19. The summed E-state index contributed by atoms with van der Waals surface area (Å²) in [6, 6.07) is 10.4. The molecule has 1 aromatic carbocycles. The Morgan fingerprint density at radius 2 is 2.03 bits per heavy atom. The molecule has 0 radical (unpaired) electrons. The van der Waals surface area contributed by atoms with Gasteiger partial charge in [0.2, 0.25) is 5.95 Å². The van der Waals surface area contributed by atoms with Gasteiger partial charge in [-0.1, -0.05) is 24.3 Å². The molecule has 3 aromatic rings. The van der Waals surface area contributed by atoms with Crippen LogP contribution in [0.3, 0.4) is 0 Å². The average molecular weight is 412 g/mol. The van der Waals surface area contributed by atoms with Gasteiger partial charge in [0.05, 0.1) is 35.1 Å². The number of carbonyl (C=O) groups is 1. The van der Waals surface area contributed by atoms with Gasteiger partial charge in [0, 0.05) is 29.9 Å². The lowest BCUT2D eigenvalue weighted by atomic mass is 9.96. The minimum atomic E-state index is -0.244. The minimum absolute atomic E-state index is 0.0857. The molecule has 0 spiro atoms. The fourth-order valence-electron chi connectivity index (χ4n) is 3.74. The lowest BCUT2D eigenvalue weighted by Crippen LogP contribution is -2.04. The van der Waals surface area contributed by atoms with Gasteiger partial charge in [-0.2, -0.15) is 10.4 Å². The quantitative estimate of drug-likeness (QED) is 0.523. The number of nitrogens with zero attached hydrogens (tertiary/aromatic N) is 5. The normalized spacial score (nSPS) is 16.5. The van der Waals surface area contributed by atoms with Gasteiger partial charge in [-0.15, -0.1) is 0 Å². The van der Waals surface area contributed by atoms with Crippen molar-refractivity contribution in [2.24, 2.45) is 5.41 Å². The van der Waals surface area contributed by atoms with E-state index in [2.05, 4.69) is 26.5 Å². The number of aromatic nitrogens is 4. The minimum Gasteiger partial charge on any atom is -0.321 e. The van der Waals surface area contributed by atoms with Gasteiger partial charge in [-0.3, -0.25) is 9.48 Å². The van der Waals surface area contributed by atoms with Crippen LogP contribution in [0.15, 0.2) is 42.9 Å². The van der Waals surface area contributed by atoms with Crippen molar-refractivity contribution in [1.82, 2.24) is 19.7 Å². The molecule has 0 unspecified atom stereocenters. The molecule has 2 saturated carbocycles. The molecular weight excluding hydrogens is 388 g/mol. The highest BCUT2D eigenvalue weighted by molar-refractivity contribution is 5.96. The zero-order valence-electron chi connectivity index (χ0n) is 17.5. The monoisotopic (exact) mass is 412 g/mol. The molecule has 7 heteroatoms. The first-order valence-electron chi connectivity index (χ1n) is 10.7. The van der Waals surface area contributed by atoms with Gasteiger partial charge < -0.3 is 5.32 Å². The van der Waals surface area contributed by atoms with E-state index in [1.54, 1.807) is 12.4 Å². The Balaban J connectivity index is 1.29. The van der Waals surface area contributed by atoms with E-state index in [9.17, 15) is 10.1 Å². The summed E-state index contributed by atoms with van der Waals surface area (Å²) in [5, 5.41) is 16.8. The van der Waals surface area contributed by atoms with Gasteiger partial charge in [0.1, 0.15) is 0 Å². The molecule has 2 aromatic heterocycles. The molecule has 0 aliphatic heterocycles. The summed E-state index contributed by atoms with van der Waals surface area (Å²) < 4.78 is 1.98. The van der Waals surface area contributed by atoms with Crippen molar-refractivity contribution < 1.29 is 4.79 Å². The van der Waals surface area contributed by atoms with Gasteiger partial charge in [-0.05, 0) is 44.6 Å². The van der Waals surface area contributed by atoms with E-state index in [0.29, 0.717) is 30.4 Å². The van der Waals surface area contributed by atoms with Crippen LogP contribution in [0.4, 0.5) is 11.6 Å². The van der Waals surface area contributed by atoms with E-state index < -0.39 is 0 Å². The van der Waals surface area contributed by atoms with Crippen LogP contribution in [-0.2, 0) is 0 Å². The highest BCUT2D eigenvalue weighted by Gasteiger charge is 2.42. The predicted molar refractivity (Wildman–Crippen MR) is 117 cm³/mol. The number of carbonyl (C=O) groups excluding carboxylic acids is 1. The molecule has 2 fully saturated rings. The first-order valence-corrected chi connectivity index (χ1v) is 10.7. The Kier molecular flexibility index (Phi) is 4.78. The van der Waals surface area contributed by atoms with Crippen LogP contribution in [-0.4, -0.2) is 25.5 Å². The largest absolute Gasteiger partial charge is 0.321 e. The summed E-state index contributed by atoms with van der Waals surface area (Å²) in [7, 11) is 0. The van der Waals surface area contributed by atoms with Crippen molar-refractivity contribution >= 4 is 17.4 Å². The SMILES string of the molecule is Cc1cnc(Nc2cnn(C3CC3)c2)nc1-c1ccc(C(=O)CCC2(C#N)CC2)cc1. The topological polar surface area (TPSA) is 96.5 Å². The van der Waals surface area contributed by atoms with Crippen molar-refractivity contribution in [2.75, 3.05) is 5.32 Å². The standard InChI is InChI=1S/C24H24N6O/c1-16-12-26-23(28-19-13-27-30(14-19)20-6-7-20)29-22(16)18-4-2-17(3-5-18)21(31)8-9-24(15-25)10-11-24/h2-5,12-14,20H,6-11H2,1H3,(H,26,28,29). The summed E-state index contributed by atoms with van der Waals surface area (Å²) in [5.74, 6) is 0.602. The Morgan fingerprint density at radius 3 is 2.71 bits per heavy atom. The third-order valence-corrected chi connectivity index (χ3v) is 6.15. The maximum absolute atomic E-state index is 12.5. The number of rotatable bonds is 8. The Morgan fingerprint density at radius 1 is 1.26 bits per heavy atom. The van der Waals surface area contributed by atoms with Crippen molar-refractivity contribution in [2.45, 2.75) is 51.5 Å². The maximum Gasteiger partial charge on any atom is 0.227 e. The van der Waals surface area contributed by atoms with Crippen LogP contribution in [0.25, 0.3) is 11.3 Å². The zero-order valence-corrected chi connectivity index (χ0v) is 17.5. The summed E-state index contributed by atoms with van der Waals surface area (Å²) in [5.41, 5.74) is 4.02. The fourth-order valence-corrected chi connectivity index (χ4v) is 3.74. The predicted octanol–water partition coefficient (Wildman–Crippen LogP) is 4.99. The molecule has 2 aliphatic rings. The molecular formula is C24H24N6O. The number of Topliss-reactive ketones (excluding diaryl/α,β-unsaturated/α-hetero) is 1. The fraction of sp³-hybridized carbons (Fsp3) is 0.375. The molecule has 156 valence electrons. The highest BCUT2D eigenvalue weighted by atomic mass is 16.1. The Bertz CT molecular complexity index is 1170. The number of hydrogen-bond donors (Lipinski definition) is 1. The molecule has 1 N–H and O–H groups in total. The third-order valence-electron chi connectivity index (χ3n) is 6.15. The summed E-state index contributed by atoms with van der Waals surface area (Å²) >= 11 is 0. The summed E-state index contributed by atoms with van der Waals surface area (Å²) in [6.07, 6.45) is 10.9. The second kappa shape index (κ2) is 7.62. The zero-order chi connectivity index (χ0) is 21.4. The first kappa shape index (κ1) is 19.4. The Labute approximate surface area is 181 Å². The maximum atomic E-state index is 12.5. The van der Waals surface area contributed by atoms with Crippen LogP contribution in [0.5, 0.6) is 0 Å². The number of ketones is 1. The van der Waals surface area contributed by atoms with E-state index in [-0.39, 0.29) is 11.2 Å². The number of anilines is 2. The molecule has 0 saturated heterocycles. The number of benzene rings is 1. The van der Waals surface area contributed by atoms with E-state index >= 15 is 0 Å². The van der Waals surface area contributed by atoms with E-state index in [0.717, 1.165) is 35.3 Å². The van der Waals surface area contributed by atoms with Crippen molar-refractivity contribution in [3.05, 3.63) is 54.0 Å². The van der Waals surface area contributed by atoms with Gasteiger partial charge in [-0.25, -0.2) is 9.97 Å². The van der Waals surface area contributed by atoms with E-state index in [1.807, 2.05) is 42.1 Å². The number of aryl methyl sites for hydroxylation is 1. The van der Waals surface area contributed by atoms with Gasteiger partial charge in [0.15, 0.2) is 5.78 Å². The van der Waals surface area contributed by atoms with Crippen LogP contribution in [0.2, 0.25) is 0 Å². The first-order chi connectivity index (χ1) is 15.0. The number of nitrogens with one attached hydrogen (secondary N) is 1. The average Bonchev–Trinajstić information content (AvgIpc) is 3.73. The van der Waals surface area contributed by atoms with E-state index in [1.165, 1.54) is 12.8 Å². The second-order valence-electron chi connectivity index (χ2n) is 8.68. The molecule has 7 nitrogen and oxygen atoms in total. The lowest BCUT2D eigenvalue weighted by molar-refractivity contribution is 0.0975. The molecule has 0 amide bonds. The van der Waals surface area contributed by atoms with Crippen LogP contribution < -0.4 is 5.32 Å². The van der Waals surface area contributed by atoms with E-state index in [4.69, 9.17) is 0 Å². The van der Waals surface area contributed by atoms with Gasteiger partial charge >= 0.3 is 0 Å². The second-order valence-corrected chi connectivity index (χ2v) is 8.68. The number of hydrogen-bond acceptors (Lipinski definition) is 6. The summed E-state index contributed by atoms with van der Waals surface area (Å²) in [4.78, 5) is 21.6. The molecule has 0 atom stereocenters. The molecule has 5 rings (SSSR count). The van der Waals surface area contributed by atoms with Crippen molar-refractivity contribution in [3.63, 3.8) is 0 Å². The van der Waals surface area contributed by atoms with Crippen molar-refractivity contribution in [3.8, 4) is 17.3 Å².